The summed E-state index contributed by atoms with van der Waals surface area (Å²) in [5, 5.41) is 15.1. The molecule has 0 unspecified atom stereocenters. The van der Waals surface area contributed by atoms with Gasteiger partial charge in [0, 0.05) is 5.56 Å². The van der Waals surface area contributed by atoms with Gasteiger partial charge in [0.05, 0.1) is 12.2 Å². The lowest BCUT2D eigenvalue weighted by Crippen LogP contribution is -2.26. The molecule has 0 saturated heterocycles. The Labute approximate surface area is 120 Å². The van der Waals surface area contributed by atoms with Gasteiger partial charge in [-0.1, -0.05) is 6.07 Å². The zero-order valence-electron chi connectivity index (χ0n) is 11.1. The maximum Gasteiger partial charge on any atom is 0.131 e. The molecule has 0 aliphatic carbocycles. The highest BCUT2D eigenvalue weighted by molar-refractivity contribution is 5.63. The number of phenols is 1. The Kier molecular flexibility index (Phi) is 3.43. The first kappa shape index (κ1) is 13.4. The Bertz CT molecular complexity index is 653. The van der Waals surface area contributed by atoms with Crippen molar-refractivity contribution < 1.29 is 13.9 Å². The van der Waals surface area contributed by atoms with Crippen LogP contribution in [0.25, 0.3) is 0 Å². The molecule has 1 aliphatic heterocycles. The normalized spacial score (nSPS) is 14.0. The van der Waals surface area contributed by atoms with E-state index in [2.05, 4.69) is 5.10 Å². The second-order valence-corrected chi connectivity index (χ2v) is 4.74. The van der Waals surface area contributed by atoms with E-state index in [1.807, 2.05) is 0 Å². The fraction of sp³-hybridized carbons (Fsp3) is 0.133. The molecule has 108 valence electrons. The minimum Gasteiger partial charge on any atom is -0.508 e. The lowest BCUT2D eigenvalue weighted by molar-refractivity contribution is 0.422. The van der Waals surface area contributed by atoms with Crippen LogP contribution in [0.2, 0.25) is 0 Å². The minimum atomic E-state index is -0.563. The van der Waals surface area contributed by atoms with Crippen LogP contribution in [-0.4, -0.2) is 23.0 Å². The highest BCUT2D eigenvalue weighted by atomic mass is 19.1. The molecule has 1 heterocycles. The summed E-state index contributed by atoms with van der Waals surface area (Å²) in [6.07, 6.45) is 1.54. The number of halogens is 2. The third-order valence-corrected chi connectivity index (χ3v) is 3.24. The first-order chi connectivity index (χ1) is 10.1. The molecule has 0 radical (unpaired) electrons. The number of hydrogen-bond donors (Lipinski definition) is 1. The van der Waals surface area contributed by atoms with Gasteiger partial charge in [-0.2, -0.15) is 5.10 Å². The zero-order chi connectivity index (χ0) is 14.8. The Hall–Kier alpha value is -2.63. The summed E-state index contributed by atoms with van der Waals surface area (Å²) in [5.41, 5.74) is 0.817. The van der Waals surface area contributed by atoms with Crippen molar-refractivity contribution in [3.8, 4) is 5.75 Å². The molecule has 1 N–H and O–H groups in total. The van der Waals surface area contributed by atoms with E-state index in [-0.39, 0.29) is 17.9 Å². The van der Waals surface area contributed by atoms with Gasteiger partial charge in [-0.05, 0) is 36.4 Å². The predicted octanol–water partition coefficient (Wildman–Crippen LogP) is 2.89. The molecule has 0 saturated carbocycles. The van der Waals surface area contributed by atoms with Crippen LogP contribution in [0.1, 0.15) is 5.56 Å². The van der Waals surface area contributed by atoms with Crippen molar-refractivity contribution in [2.45, 2.75) is 6.54 Å². The number of anilines is 1. The van der Waals surface area contributed by atoms with Crippen molar-refractivity contribution in [3.63, 3.8) is 0 Å². The zero-order valence-corrected chi connectivity index (χ0v) is 11.1. The molecule has 3 rings (SSSR count). The highest BCUT2D eigenvalue weighted by Gasteiger charge is 2.18. The van der Waals surface area contributed by atoms with Gasteiger partial charge in [0.15, 0.2) is 0 Å². The van der Waals surface area contributed by atoms with Crippen molar-refractivity contribution >= 4 is 12.0 Å². The molecule has 1 aliphatic rings. The lowest BCUT2D eigenvalue weighted by atomic mass is 10.2. The molecule has 0 aromatic heterocycles. The predicted molar refractivity (Wildman–Crippen MR) is 75.8 cm³/mol. The molecule has 0 fully saturated rings. The van der Waals surface area contributed by atoms with Crippen LogP contribution in [-0.2, 0) is 6.54 Å². The number of nitrogens with zero attached hydrogens (tertiary/aromatic N) is 3. The van der Waals surface area contributed by atoms with E-state index in [0.717, 1.165) is 5.69 Å². The molecule has 0 amide bonds. The van der Waals surface area contributed by atoms with Crippen molar-refractivity contribution in [2.75, 3.05) is 11.7 Å². The third kappa shape index (κ3) is 2.79. The van der Waals surface area contributed by atoms with Gasteiger partial charge in [0.25, 0.3) is 0 Å². The summed E-state index contributed by atoms with van der Waals surface area (Å²) in [7, 11) is 0. The van der Waals surface area contributed by atoms with E-state index in [1.165, 1.54) is 18.2 Å². The number of hydrogen-bond acceptors (Lipinski definition) is 4. The molecule has 0 atom stereocenters. The van der Waals surface area contributed by atoms with Crippen molar-refractivity contribution in [1.29, 1.82) is 0 Å². The van der Waals surface area contributed by atoms with Gasteiger partial charge >= 0.3 is 0 Å². The number of benzene rings is 2. The summed E-state index contributed by atoms with van der Waals surface area (Å²) >= 11 is 0. The largest absolute Gasteiger partial charge is 0.508 e. The molecular weight excluding hydrogens is 276 g/mol. The summed E-state index contributed by atoms with van der Waals surface area (Å²) < 4.78 is 27.2. The van der Waals surface area contributed by atoms with Crippen LogP contribution in [0.5, 0.6) is 5.75 Å². The van der Waals surface area contributed by atoms with Crippen LogP contribution in [0.4, 0.5) is 14.5 Å². The van der Waals surface area contributed by atoms with Crippen molar-refractivity contribution in [3.05, 3.63) is 59.7 Å². The van der Waals surface area contributed by atoms with Crippen LogP contribution >= 0.6 is 0 Å². The third-order valence-electron chi connectivity index (χ3n) is 3.24. The van der Waals surface area contributed by atoms with Gasteiger partial charge in [-0.15, -0.1) is 0 Å². The Morgan fingerprint density at radius 2 is 1.71 bits per heavy atom. The molecule has 0 spiro atoms. The average Bonchev–Trinajstić information content (AvgIpc) is 2.92. The molecule has 21 heavy (non-hydrogen) atoms. The fourth-order valence-electron chi connectivity index (χ4n) is 2.13. The molecule has 6 heteroatoms. The van der Waals surface area contributed by atoms with Crippen molar-refractivity contribution in [1.82, 2.24) is 4.90 Å². The topological polar surface area (TPSA) is 39.1 Å². The fourth-order valence-corrected chi connectivity index (χ4v) is 2.13. The van der Waals surface area contributed by atoms with Crippen LogP contribution < -0.4 is 5.01 Å². The smallest absolute Gasteiger partial charge is 0.131 e. The maximum absolute atomic E-state index is 13.6. The molecule has 2 aromatic carbocycles. The molecule has 2 aromatic rings. The standard InChI is InChI=1S/C15H13F2N3O/c16-14-2-1-3-15(17)13(14)8-19-9-18-20(10-19)11-4-6-12(21)7-5-11/h1-7,9,21H,8,10H2. The summed E-state index contributed by atoms with van der Waals surface area (Å²) in [4.78, 5) is 1.70. The maximum atomic E-state index is 13.6. The van der Waals surface area contributed by atoms with Crippen molar-refractivity contribution in [2.24, 2.45) is 5.10 Å². The lowest BCUT2D eigenvalue weighted by Gasteiger charge is -2.19. The number of rotatable bonds is 3. The number of aromatic hydroxyl groups is 1. The van der Waals surface area contributed by atoms with Crippen LogP contribution in [0.3, 0.4) is 0 Å². The SMILES string of the molecule is Oc1ccc(N2CN(Cc3c(F)cccc3F)C=N2)cc1. The van der Waals surface area contributed by atoms with E-state index >= 15 is 0 Å². The first-order valence-electron chi connectivity index (χ1n) is 6.41. The van der Waals surface area contributed by atoms with E-state index in [1.54, 1.807) is 40.5 Å². The van der Waals surface area contributed by atoms with E-state index < -0.39 is 11.6 Å². The summed E-state index contributed by atoms with van der Waals surface area (Å²) in [5.74, 6) is -0.954. The highest BCUT2D eigenvalue weighted by Crippen LogP contribution is 2.22. The monoisotopic (exact) mass is 289 g/mol. The van der Waals surface area contributed by atoms with Gasteiger partial charge < -0.3 is 10.0 Å². The van der Waals surface area contributed by atoms with Gasteiger partial charge in [0.2, 0.25) is 0 Å². The van der Waals surface area contributed by atoms with E-state index in [0.29, 0.717) is 6.67 Å². The van der Waals surface area contributed by atoms with Gasteiger partial charge in [-0.3, -0.25) is 0 Å². The molecular formula is C15H13F2N3O. The number of hydrazone groups is 1. The first-order valence-corrected chi connectivity index (χ1v) is 6.41. The molecule has 4 nitrogen and oxygen atoms in total. The Balaban J connectivity index is 1.71. The number of phenolic OH excluding ortho intramolecular Hbond substituents is 1. The molecule has 0 bridgehead atoms. The minimum absolute atomic E-state index is 0.0245. The van der Waals surface area contributed by atoms with E-state index in [4.69, 9.17) is 0 Å². The van der Waals surface area contributed by atoms with E-state index in [9.17, 15) is 13.9 Å². The average molecular weight is 289 g/mol. The second-order valence-electron chi connectivity index (χ2n) is 4.74. The van der Waals surface area contributed by atoms with Gasteiger partial charge in [-0.25, -0.2) is 13.8 Å². The van der Waals surface area contributed by atoms with Crippen LogP contribution in [0, 0.1) is 11.6 Å². The summed E-state index contributed by atoms with van der Waals surface area (Å²) in [6.45, 7) is 0.495. The second kappa shape index (κ2) is 5.40. The van der Waals surface area contributed by atoms with Gasteiger partial charge in [0.1, 0.15) is 30.4 Å². The van der Waals surface area contributed by atoms with Crippen LogP contribution in [0.15, 0.2) is 47.6 Å². The quantitative estimate of drug-likeness (QED) is 0.944. The Morgan fingerprint density at radius 3 is 2.38 bits per heavy atom. The Morgan fingerprint density at radius 1 is 1.05 bits per heavy atom. The summed E-state index contributed by atoms with van der Waals surface area (Å²) in [6, 6.07) is 10.4.